The van der Waals surface area contributed by atoms with Crippen molar-refractivity contribution < 1.29 is 8.42 Å². The predicted molar refractivity (Wildman–Crippen MR) is 118 cm³/mol. The first-order valence-corrected chi connectivity index (χ1v) is 11.4. The molecule has 8 nitrogen and oxygen atoms in total. The van der Waals surface area contributed by atoms with Crippen LogP contribution < -0.4 is 16.4 Å². The van der Waals surface area contributed by atoms with Gasteiger partial charge in [0.15, 0.2) is 5.96 Å². The van der Waals surface area contributed by atoms with Crippen molar-refractivity contribution >= 4 is 21.8 Å². The second-order valence-corrected chi connectivity index (χ2v) is 9.64. The standard InChI is InChI=1S/C21H26N6O2S/c1-15(2)23-20-24-19(16-8-4-3-5-9-16)25-21(22,26-20)17-10-6-11-18(14-17)30(28,29)27-12-7-13-27/h3-6,8-11,14-15H,7,12-13,22H2,1-2H3,(H2,23,24,25,26). The van der Waals surface area contributed by atoms with Gasteiger partial charge in [0.2, 0.25) is 15.8 Å². The van der Waals surface area contributed by atoms with E-state index in [2.05, 4.69) is 15.6 Å². The molecule has 0 radical (unpaired) electrons. The SMILES string of the molecule is CC(C)N=C1NC(c2ccccc2)=NC(N)(c2cccc(S(=O)(=O)N3CCC3)c2)N1. The van der Waals surface area contributed by atoms with Gasteiger partial charge in [-0.05, 0) is 32.4 Å². The first-order valence-electron chi connectivity index (χ1n) is 9.96. The third-order valence-electron chi connectivity index (χ3n) is 5.00. The molecule has 1 saturated heterocycles. The predicted octanol–water partition coefficient (Wildman–Crippen LogP) is 1.55. The number of sulfonamides is 1. The van der Waals surface area contributed by atoms with Crippen LogP contribution in [-0.4, -0.2) is 43.6 Å². The minimum atomic E-state index is -3.53. The van der Waals surface area contributed by atoms with E-state index < -0.39 is 15.8 Å². The number of rotatable bonds is 5. The van der Waals surface area contributed by atoms with E-state index >= 15 is 0 Å². The van der Waals surface area contributed by atoms with Crippen LogP contribution in [0.25, 0.3) is 0 Å². The molecule has 1 unspecified atom stereocenters. The number of nitrogens with one attached hydrogen (secondary N) is 2. The lowest BCUT2D eigenvalue weighted by atomic mass is 10.1. The largest absolute Gasteiger partial charge is 0.316 e. The third kappa shape index (κ3) is 3.96. The van der Waals surface area contributed by atoms with Crippen LogP contribution in [0.4, 0.5) is 0 Å². The van der Waals surface area contributed by atoms with Gasteiger partial charge in [-0.1, -0.05) is 42.5 Å². The molecule has 0 aliphatic carbocycles. The highest BCUT2D eigenvalue weighted by Crippen LogP contribution is 2.26. The first kappa shape index (κ1) is 20.5. The molecule has 1 fully saturated rings. The molecule has 0 amide bonds. The van der Waals surface area contributed by atoms with Gasteiger partial charge in [0.25, 0.3) is 0 Å². The maximum atomic E-state index is 12.8. The van der Waals surface area contributed by atoms with E-state index in [9.17, 15) is 8.42 Å². The molecule has 0 bridgehead atoms. The second kappa shape index (κ2) is 7.82. The molecule has 9 heteroatoms. The number of amidine groups is 1. The molecule has 2 heterocycles. The van der Waals surface area contributed by atoms with Crippen LogP contribution >= 0.6 is 0 Å². The maximum Gasteiger partial charge on any atom is 0.243 e. The van der Waals surface area contributed by atoms with Crippen LogP contribution in [0, 0.1) is 0 Å². The fourth-order valence-corrected chi connectivity index (χ4v) is 4.88. The highest BCUT2D eigenvalue weighted by atomic mass is 32.2. The van der Waals surface area contributed by atoms with E-state index in [0.29, 0.717) is 30.4 Å². The Morgan fingerprint density at radius 1 is 1.13 bits per heavy atom. The van der Waals surface area contributed by atoms with E-state index in [1.807, 2.05) is 44.2 Å². The van der Waals surface area contributed by atoms with Gasteiger partial charge in [0.05, 0.1) is 4.90 Å². The Hall–Kier alpha value is -2.75. The van der Waals surface area contributed by atoms with Gasteiger partial charge >= 0.3 is 0 Å². The monoisotopic (exact) mass is 426 g/mol. The van der Waals surface area contributed by atoms with Crippen molar-refractivity contribution in [1.82, 2.24) is 14.9 Å². The van der Waals surface area contributed by atoms with Crippen LogP contribution in [0.2, 0.25) is 0 Å². The Labute approximate surface area is 177 Å². The molecule has 0 saturated carbocycles. The minimum absolute atomic E-state index is 0.0255. The molecule has 4 rings (SSSR count). The summed E-state index contributed by atoms with van der Waals surface area (Å²) in [6.07, 6.45) is 0.882. The average Bonchev–Trinajstić information content (AvgIpc) is 2.66. The number of guanidine groups is 1. The second-order valence-electron chi connectivity index (χ2n) is 7.70. The van der Waals surface area contributed by atoms with Crippen LogP contribution in [0.5, 0.6) is 0 Å². The van der Waals surface area contributed by atoms with E-state index in [-0.39, 0.29) is 10.9 Å². The fraction of sp³-hybridized carbons (Fsp3) is 0.333. The molecule has 2 aliphatic rings. The summed E-state index contributed by atoms with van der Waals surface area (Å²) in [5, 5.41) is 6.32. The molecule has 2 aromatic carbocycles. The summed E-state index contributed by atoms with van der Waals surface area (Å²) in [6.45, 7) is 5.01. The number of benzene rings is 2. The highest BCUT2D eigenvalue weighted by molar-refractivity contribution is 7.89. The summed E-state index contributed by atoms with van der Waals surface area (Å²) in [4.78, 5) is 9.47. The Morgan fingerprint density at radius 3 is 2.50 bits per heavy atom. The van der Waals surface area contributed by atoms with Crippen molar-refractivity contribution in [1.29, 1.82) is 0 Å². The van der Waals surface area contributed by atoms with E-state index in [4.69, 9.17) is 10.7 Å². The zero-order valence-electron chi connectivity index (χ0n) is 17.0. The van der Waals surface area contributed by atoms with E-state index in [1.165, 1.54) is 4.31 Å². The molecule has 0 aromatic heterocycles. The number of hydrogen-bond donors (Lipinski definition) is 3. The molecule has 2 aliphatic heterocycles. The van der Waals surface area contributed by atoms with Gasteiger partial charge in [-0.15, -0.1) is 0 Å². The summed E-state index contributed by atoms with van der Waals surface area (Å²) in [5.74, 6) is -0.324. The normalized spacial score (nSPS) is 23.5. The summed E-state index contributed by atoms with van der Waals surface area (Å²) in [6, 6.07) is 16.3. The fourth-order valence-electron chi connectivity index (χ4n) is 3.32. The van der Waals surface area contributed by atoms with Gasteiger partial charge in [-0.2, -0.15) is 4.31 Å². The quantitative estimate of drug-likeness (QED) is 0.672. The molecule has 4 N–H and O–H groups in total. The molecule has 30 heavy (non-hydrogen) atoms. The Balaban J connectivity index is 1.78. The summed E-state index contributed by atoms with van der Waals surface area (Å²) >= 11 is 0. The van der Waals surface area contributed by atoms with Crippen LogP contribution in [-0.2, 0) is 15.8 Å². The molecule has 0 spiro atoms. The lowest BCUT2D eigenvalue weighted by Crippen LogP contribution is -2.61. The van der Waals surface area contributed by atoms with Crippen molar-refractivity contribution in [2.75, 3.05) is 13.1 Å². The van der Waals surface area contributed by atoms with Gasteiger partial charge in [0, 0.05) is 30.3 Å². The summed E-state index contributed by atoms with van der Waals surface area (Å²) in [5.41, 5.74) is 8.07. The lowest BCUT2D eigenvalue weighted by molar-refractivity contribution is 0.309. The molecule has 158 valence electrons. The number of nitrogens with two attached hydrogens (primary N) is 1. The minimum Gasteiger partial charge on any atom is -0.316 e. The molecular formula is C21H26N6O2S. The van der Waals surface area contributed by atoms with E-state index in [1.54, 1.807) is 24.3 Å². The molecule has 1 atom stereocenters. The van der Waals surface area contributed by atoms with Crippen molar-refractivity contribution in [2.45, 2.75) is 37.0 Å². The Kier molecular flexibility index (Phi) is 5.35. The number of hydrogen-bond acceptors (Lipinski definition) is 5. The Morgan fingerprint density at radius 2 is 1.87 bits per heavy atom. The van der Waals surface area contributed by atoms with Crippen LogP contribution in [0.3, 0.4) is 0 Å². The smallest absolute Gasteiger partial charge is 0.243 e. The van der Waals surface area contributed by atoms with Crippen molar-refractivity contribution in [3.63, 3.8) is 0 Å². The van der Waals surface area contributed by atoms with Gasteiger partial charge in [-0.25, -0.2) is 13.4 Å². The van der Waals surface area contributed by atoms with Gasteiger partial charge < -0.3 is 10.6 Å². The summed E-state index contributed by atoms with van der Waals surface area (Å²) < 4.78 is 27.2. The zero-order chi connectivity index (χ0) is 21.4. The third-order valence-corrected chi connectivity index (χ3v) is 6.89. The van der Waals surface area contributed by atoms with Crippen molar-refractivity contribution in [2.24, 2.45) is 15.7 Å². The van der Waals surface area contributed by atoms with Crippen LogP contribution in [0.15, 0.2) is 69.5 Å². The molecular weight excluding hydrogens is 400 g/mol. The number of nitrogens with zero attached hydrogens (tertiary/aromatic N) is 3. The van der Waals surface area contributed by atoms with Crippen LogP contribution in [0.1, 0.15) is 31.4 Å². The highest BCUT2D eigenvalue weighted by Gasteiger charge is 2.35. The van der Waals surface area contributed by atoms with Crippen molar-refractivity contribution in [3.8, 4) is 0 Å². The zero-order valence-corrected chi connectivity index (χ0v) is 17.9. The van der Waals surface area contributed by atoms with Gasteiger partial charge in [0.1, 0.15) is 5.84 Å². The molecule has 2 aromatic rings. The summed E-state index contributed by atoms with van der Waals surface area (Å²) in [7, 11) is -3.53. The maximum absolute atomic E-state index is 12.8. The lowest BCUT2D eigenvalue weighted by Gasteiger charge is -2.35. The Bertz CT molecular complexity index is 1090. The van der Waals surface area contributed by atoms with Crippen molar-refractivity contribution in [3.05, 3.63) is 65.7 Å². The first-order chi connectivity index (χ1) is 14.3. The number of aliphatic imine (C=N–C) groups is 2. The van der Waals surface area contributed by atoms with Gasteiger partial charge in [-0.3, -0.25) is 10.7 Å². The topological polar surface area (TPSA) is 112 Å². The van der Waals surface area contributed by atoms with E-state index in [0.717, 1.165) is 12.0 Å². The average molecular weight is 427 g/mol.